The fraction of sp³-hybridized carbons (Fsp3) is 0.400. The zero-order valence-electron chi connectivity index (χ0n) is 15.7. The molecule has 0 radical (unpaired) electrons. The first-order valence-electron chi connectivity index (χ1n) is 9.53. The highest BCUT2D eigenvalue weighted by molar-refractivity contribution is 14.1. The van der Waals surface area contributed by atoms with Gasteiger partial charge in [-0.1, -0.05) is 6.42 Å². The number of likely N-dealkylation sites (tertiary alicyclic amines) is 1. The number of anilines is 1. The molecule has 4 rings (SSSR count). The van der Waals surface area contributed by atoms with Crippen LogP contribution in [-0.4, -0.2) is 52.2 Å². The van der Waals surface area contributed by atoms with E-state index in [1.165, 1.54) is 18.5 Å². The Bertz CT molecular complexity index is 901. The molecule has 2 fully saturated rings. The van der Waals surface area contributed by atoms with E-state index in [9.17, 15) is 14.3 Å². The number of piperidine rings is 1. The van der Waals surface area contributed by atoms with Crippen molar-refractivity contribution >= 4 is 34.2 Å². The standard InChI is InChI=1S/C20H22FIN4O3/c21-15-9-13(22)4-5-16(15)25-29-17-10-23-8-6-14(17)19(27)26-11-20(28,12-26)18-3-1-2-7-24-18/h4-6,8-10,18,24-25,28H,1-3,7,11-12H2. The van der Waals surface area contributed by atoms with Crippen LogP contribution in [-0.2, 0) is 0 Å². The van der Waals surface area contributed by atoms with Crippen LogP contribution in [0.2, 0.25) is 0 Å². The van der Waals surface area contributed by atoms with Gasteiger partial charge in [-0.05, 0) is 66.2 Å². The molecule has 2 aromatic rings. The van der Waals surface area contributed by atoms with Crippen molar-refractivity contribution in [2.24, 2.45) is 0 Å². The van der Waals surface area contributed by atoms with E-state index in [-0.39, 0.29) is 36.5 Å². The minimum atomic E-state index is -0.896. The Kier molecular flexibility index (Phi) is 5.88. The van der Waals surface area contributed by atoms with E-state index in [0.29, 0.717) is 5.56 Å². The summed E-state index contributed by atoms with van der Waals surface area (Å²) in [7, 11) is 0. The maximum Gasteiger partial charge on any atom is 0.258 e. The SMILES string of the molecule is O=C(c1ccncc1ONc1ccc(I)cc1F)N1CC(O)(C2CCCCN2)C1. The Balaban J connectivity index is 1.42. The van der Waals surface area contributed by atoms with Gasteiger partial charge in [-0.3, -0.25) is 9.78 Å². The van der Waals surface area contributed by atoms with Crippen molar-refractivity contribution < 1.29 is 19.1 Å². The van der Waals surface area contributed by atoms with Crippen molar-refractivity contribution in [3.05, 3.63) is 51.6 Å². The minimum absolute atomic E-state index is 0.0129. The molecule has 1 aromatic heterocycles. The van der Waals surface area contributed by atoms with Gasteiger partial charge in [0.1, 0.15) is 11.3 Å². The lowest BCUT2D eigenvalue weighted by Crippen LogP contribution is -2.72. The summed E-state index contributed by atoms with van der Waals surface area (Å²) in [6.07, 6.45) is 6.01. The van der Waals surface area contributed by atoms with Gasteiger partial charge in [-0.15, -0.1) is 0 Å². The summed E-state index contributed by atoms with van der Waals surface area (Å²) in [4.78, 5) is 24.0. The molecule has 2 saturated heterocycles. The molecular weight excluding hydrogens is 490 g/mol. The van der Waals surface area contributed by atoms with Gasteiger partial charge in [0.05, 0.1) is 24.8 Å². The first-order chi connectivity index (χ1) is 14.0. The number of halogens is 2. The monoisotopic (exact) mass is 512 g/mol. The Hall–Kier alpha value is -1.98. The third kappa shape index (κ3) is 4.31. The second kappa shape index (κ2) is 8.41. The molecule has 0 spiro atoms. The molecule has 29 heavy (non-hydrogen) atoms. The maximum absolute atomic E-state index is 14.0. The molecule has 1 unspecified atom stereocenters. The highest BCUT2D eigenvalue weighted by Gasteiger charge is 2.49. The first kappa shape index (κ1) is 20.3. The van der Waals surface area contributed by atoms with Crippen LogP contribution < -0.4 is 15.6 Å². The predicted molar refractivity (Wildman–Crippen MR) is 114 cm³/mol. The number of carbonyl (C=O) groups excluding carboxylic acids is 1. The number of β-amino-alcohol motifs (C(OH)–C–C–N with tert-alkyl or cyclic N) is 1. The average Bonchev–Trinajstić information content (AvgIpc) is 2.71. The number of nitrogens with one attached hydrogen (secondary N) is 2. The summed E-state index contributed by atoms with van der Waals surface area (Å²) in [6.45, 7) is 1.43. The number of aliphatic hydroxyl groups is 1. The number of pyridine rings is 1. The van der Waals surface area contributed by atoms with Crippen molar-refractivity contribution in [3.63, 3.8) is 0 Å². The molecular formula is C20H22FIN4O3. The summed E-state index contributed by atoms with van der Waals surface area (Å²) in [5, 5.41) is 14.2. The lowest BCUT2D eigenvalue weighted by Gasteiger charge is -2.51. The molecule has 7 nitrogen and oxygen atoms in total. The molecule has 3 N–H and O–H groups in total. The van der Waals surface area contributed by atoms with E-state index >= 15 is 0 Å². The van der Waals surface area contributed by atoms with Crippen molar-refractivity contribution in [2.45, 2.75) is 30.9 Å². The topological polar surface area (TPSA) is 86.7 Å². The molecule has 154 valence electrons. The molecule has 9 heteroatoms. The molecule has 2 aliphatic rings. The third-order valence-corrected chi connectivity index (χ3v) is 6.06. The predicted octanol–water partition coefficient (Wildman–Crippen LogP) is 2.56. The van der Waals surface area contributed by atoms with E-state index in [1.807, 2.05) is 22.6 Å². The summed E-state index contributed by atoms with van der Waals surface area (Å²) < 4.78 is 14.8. The molecule has 3 heterocycles. The van der Waals surface area contributed by atoms with Gasteiger partial charge in [0.2, 0.25) is 0 Å². The van der Waals surface area contributed by atoms with Gasteiger partial charge in [0.25, 0.3) is 5.91 Å². The molecule has 0 aliphatic carbocycles. The number of rotatable bonds is 5. The van der Waals surface area contributed by atoms with Gasteiger partial charge in [0.15, 0.2) is 11.6 Å². The van der Waals surface area contributed by atoms with Crippen LogP contribution in [0.4, 0.5) is 10.1 Å². The Labute approximate surface area is 181 Å². The molecule has 2 aliphatic heterocycles. The third-order valence-electron chi connectivity index (χ3n) is 5.39. The summed E-state index contributed by atoms with van der Waals surface area (Å²) in [6, 6.07) is 6.24. The number of aromatic nitrogens is 1. The van der Waals surface area contributed by atoms with Crippen LogP contribution >= 0.6 is 22.6 Å². The smallest absolute Gasteiger partial charge is 0.258 e. The molecule has 0 saturated carbocycles. The van der Waals surface area contributed by atoms with Crippen LogP contribution in [0.25, 0.3) is 0 Å². The number of hydrogen-bond acceptors (Lipinski definition) is 6. The summed E-state index contributed by atoms with van der Waals surface area (Å²) in [5.74, 6) is -0.518. The normalized spacial score (nSPS) is 20.7. The zero-order valence-corrected chi connectivity index (χ0v) is 17.9. The average molecular weight is 512 g/mol. The Morgan fingerprint density at radius 1 is 1.38 bits per heavy atom. The van der Waals surface area contributed by atoms with Crippen LogP contribution in [0.5, 0.6) is 5.75 Å². The van der Waals surface area contributed by atoms with E-state index in [0.717, 1.165) is 29.4 Å². The lowest BCUT2D eigenvalue weighted by atomic mass is 9.81. The first-order valence-corrected chi connectivity index (χ1v) is 10.6. The van der Waals surface area contributed by atoms with Gasteiger partial charge < -0.3 is 20.2 Å². The van der Waals surface area contributed by atoms with Crippen molar-refractivity contribution in [2.75, 3.05) is 25.1 Å². The fourth-order valence-electron chi connectivity index (χ4n) is 3.78. The molecule has 1 atom stereocenters. The maximum atomic E-state index is 14.0. The Morgan fingerprint density at radius 2 is 2.21 bits per heavy atom. The highest BCUT2D eigenvalue weighted by Crippen LogP contribution is 2.31. The van der Waals surface area contributed by atoms with Gasteiger partial charge in [-0.25, -0.2) is 9.87 Å². The van der Waals surface area contributed by atoms with E-state index < -0.39 is 11.4 Å². The Morgan fingerprint density at radius 3 is 2.93 bits per heavy atom. The number of carbonyl (C=O) groups is 1. The summed E-state index contributed by atoms with van der Waals surface area (Å²) in [5.41, 5.74) is 2.11. The lowest BCUT2D eigenvalue weighted by molar-refractivity contribution is -0.108. The quantitative estimate of drug-likeness (QED) is 0.422. The highest BCUT2D eigenvalue weighted by atomic mass is 127. The van der Waals surface area contributed by atoms with Gasteiger partial charge in [-0.2, -0.15) is 0 Å². The van der Waals surface area contributed by atoms with E-state index in [1.54, 1.807) is 23.1 Å². The molecule has 1 amide bonds. The molecule has 1 aromatic carbocycles. The second-order valence-electron chi connectivity index (χ2n) is 7.47. The summed E-state index contributed by atoms with van der Waals surface area (Å²) >= 11 is 2.02. The van der Waals surface area contributed by atoms with Crippen LogP contribution in [0, 0.1) is 9.39 Å². The van der Waals surface area contributed by atoms with Crippen LogP contribution in [0.15, 0.2) is 36.7 Å². The number of benzene rings is 1. The van der Waals surface area contributed by atoms with E-state index in [4.69, 9.17) is 4.84 Å². The van der Waals surface area contributed by atoms with Crippen molar-refractivity contribution in [3.8, 4) is 5.75 Å². The van der Waals surface area contributed by atoms with Crippen LogP contribution in [0.1, 0.15) is 29.6 Å². The number of amides is 1. The molecule has 0 bridgehead atoms. The van der Waals surface area contributed by atoms with Crippen LogP contribution in [0.3, 0.4) is 0 Å². The fourth-order valence-corrected chi connectivity index (χ4v) is 4.23. The second-order valence-corrected chi connectivity index (χ2v) is 8.71. The van der Waals surface area contributed by atoms with Gasteiger partial charge >= 0.3 is 0 Å². The zero-order chi connectivity index (χ0) is 20.4. The van der Waals surface area contributed by atoms with E-state index in [2.05, 4.69) is 15.8 Å². The largest absolute Gasteiger partial charge is 0.385 e. The van der Waals surface area contributed by atoms with Gasteiger partial charge in [0, 0.05) is 15.8 Å². The van der Waals surface area contributed by atoms with Crippen molar-refractivity contribution in [1.29, 1.82) is 0 Å². The number of nitrogens with zero attached hydrogens (tertiary/aromatic N) is 2. The number of hydrogen-bond donors (Lipinski definition) is 3. The van der Waals surface area contributed by atoms with Crippen molar-refractivity contribution in [1.82, 2.24) is 15.2 Å². The minimum Gasteiger partial charge on any atom is -0.385 e.